The molecular weight excluding hydrogens is 526 g/mol. The number of furan rings is 2. The van der Waals surface area contributed by atoms with Gasteiger partial charge in [-0.2, -0.15) is 0 Å². The fourth-order valence-corrected chi connectivity index (χ4v) is 4.59. The highest BCUT2D eigenvalue weighted by Crippen LogP contribution is 2.34. The van der Waals surface area contributed by atoms with Gasteiger partial charge in [0.05, 0.1) is 20.1 Å². The Morgan fingerprint density at radius 2 is 1.06 bits per heavy atom. The standard InChI is InChI=1S/C28H18Cl4O3/c29-22-8-4-16(14-24(22)31)26-10-6-20(34-26)12-18-2-1-3-19(28(18)33)13-21-7-11-27(35-21)17-5-9-23(30)25(32)15-17/h4-15H,1-3H2/b18-12-,19-13+. The maximum Gasteiger partial charge on any atom is 0.185 e. The van der Waals surface area contributed by atoms with Gasteiger partial charge in [0.15, 0.2) is 5.78 Å². The van der Waals surface area contributed by atoms with E-state index in [1.807, 2.05) is 36.4 Å². The number of carbonyl (C=O) groups excluding carboxylic acids is 1. The Morgan fingerprint density at radius 3 is 1.49 bits per heavy atom. The monoisotopic (exact) mass is 542 g/mol. The van der Waals surface area contributed by atoms with Crippen molar-refractivity contribution in [2.45, 2.75) is 19.3 Å². The van der Waals surface area contributed by atoms with Crippen molar-refractivity contribution in [1.82, 2.24) is 0 Å². The minimum atomic E-state index is -0.00350. The van der Waals surface area contributed by atoms with E-state index in [1.54, 1.807) is 36.4 Å². The minimum Gasteiger partial charge on any atom is -0.457 e. The molecule has 1 fully saturated rings. The van der Waals surface area contributed by atoms with E-state index < -0.39 is 0 Å². The number of hydrogen-bond donors (Lipinski definition) is 0. The quantitative estimate of drug-likeness (QED) is 0.240. The Hall–Kier alpha value is -2.69. The van der Waals surface area contributed by atoms with Gasteiger partial charge in [-0.25, -0.2) is 0 Å². The number of allylic oxidation sites excluding steroid dienone is 2. The molecule has 1 aliphatic rings. The van der Waals surface area contributed by atoms with Gasteiger partial charge in [0.25, 0.3) is 0 Å². The average molecular weight is 544 g/mol. The molecule has 35 heavy (non-hydrogen) atoms. The first-order chi connectivity index (χ1) is 16.9. The second-order valence-corrected chi connectivity index (χ2v) is 9.81. The van der Waals surface area contributed by atoms with Gasteiger partial charge < -0.3 is 8.83 Å². The molecule has 1 saturated carbocycles. The van der Waals surface area contributed by atoms with Crippen molar-refractivity contribution in [3.8, 4) is 22.6 Å². The summed E-state index contributed by atoms with van der Waals surface area (Å²) in [4.78, 5) is 13.2. The van der Waals surface area contributed by atoms with Crippen LogP contribution in [0.25, 0.3) is 34.8 Å². The summed E-state index contributed by atoms with van der Waals surface area (Å²) in [5, 5.41) is 1.88. The van der Waals surface area contributed by atoms with Gasteiger partial charge in [-0.1, -0.05) is 46.4 Å². The lowest BCUT2D eigenvalue weighted by Crippen LogP contribution is -2.12. The summed E-state index contributed by atoms with van der Waals surface area (Å²) in [5.74, 6) is 2.52. The molecule has 1 aliphatic carbocycles. The summed E-state index contributed by atoms with van der Waals surface area (Å²) in [6.07, 6.45) is 5.85. The Morgan fingerprint density at radius 1 is 0.600 bits per heavy atom. The van der Waals surface area contributed by atoms with Crippen LogP contribution in [0.1, 0.15) is 30.8 Å². The predicted molar refractivity (Wildman–Crippen MR) is 143 cm³/mol. The fourth-order valence-electron chi connectivity index (χ4n) is 3.99. The van der Waals surface area contributed by atoms with Crippen LogP contribution < -0.4 is 0 Å². The molecule has 0 bridgehead atoms. The molecule has 0 aliphatic heterocycles. The Kier molecular flexibility index (Phi) is 6.95. The van der Waals surface area contributed by atoms with Crippen LogP contribution in [0.5, 0.6) is 0 Å². The molecule has 0 radical (unpaired) electrons. The molecule has 2 aromatic heterocycles. The topological polar surface area (TPSA) is 43.4 Å². The number of Topliss-reactive ketones (excluding diaryl/α,β-unsaturated/α-hetero) is 1. The first-order valence-corrected chi connectivity index (χ1v) is 12.4. The van der Waals surface area contributed by atoms with Gasteiger partial charge in [0, 0.05) is 22.3 Å². The van der Waals surface area contributed by atoms with Crippen molar-refractivity contribution in [3.63, 3.8) is 0 Å². The normalized spacial score (nSPS) is 16.4. The summed E-state index contributed by atoms with van der Waals surface area (Å²) >= 11 is 24.2. The third-order valence-corrected chi connectivity index (χ3v) is 7.25. The molecule has 0 amide bonds. The number of ketones is 1. The number of benzene rings is 2. The van der Waals surface area contributed by atoms with Gasteiger partial charge in [0.2, 0.25) is 0 Å². The molecule has 7 heteroatoms. The van der Waals surface area contributed by atoms with Crippen molar-refractivity contribution in [1.29, 1.82) is 0 Å². The van der Waals surface area contributed by atoms with Crippen LogP contribution in [-0.4, -0.2) is 5.78 Å². The molecule has 176 valence electrons. The molecule has 5 rings (SSSR count). The highest BCUT2D eigenvalue weighted by Gasteiger charge is 2.22. The zero-order valence-corrected chi connectivity index (χ0v) is 21.3. The first-order valence-electron chi connectivity index (χ1n) is 10.9. The van der Waals surface area contributed by atoms with Crippen molar-refractivity contribution in [3.05, 3.63) is 103 Å². The summed E-state index contributed by atoms with van der Waals surface area (Å²) < 4.78 is 11.9. The Bertz CT molecular complexity index is 1380. The van der Waals surface area contributed by atoms with Gasteiger partial charge in [0.1, 0.15) is 23.0 Å². The van der Waals surface area contributed by atoms with E-state index in [1.165, 1.54) is 0 Å². The molecular formula is C28H18Cl4O3. The van der Waals surface area contributed by atoms with E-state index in [-0.39, 0.29) is 5.78 Å². The molecule has 0 saturated heterocycles. The number of rotatable bonds is 4. The van der Waals surface area contributed by atoms with Crippen LogP contribution in [0, 0.1) is 0 Å². The SMILES string of the molecule is O=C1/C(=C\c2ccc(-c3ccc(Cl)c(Cl)c3)o2)CCC/C1=C\c1ccc(-c2ccc(Cl)c(Cl)c2)o1. The van der Waals surface area contributed by atoms with Crippen LogP contribution in [0.4, 0.5) is 0 Å². The Balaban J connectivity index is 1.36. The van der Waals surface area contributed by atoms with Gasteiger partial charge >= 0.3 is 0 Å². The average Bonchev–Trinajstić information content (AvgIpc) is 3.50. The van der Waals surface area contributed by atoms with Gasteiger partial charge in [-0.3, -0.25) is 4.79 Å². The van der Waals surface area contributed by atoms with E-state index in [0.717, 1.165) is 17.5 Å². The second-order valence-electron chi connectivity index (χ2n) is 8.18. The maximum absolute atomic E-state index is 13.2. The van der Waals surface area contributed by atoms with Gasteiger partial charge in [-0.15, -0.1) is 0 Å². The number of hydrogen-bond acceptors (Lipinski definition) is 3. The van der Waals surface area contributed by atoms with Crippen LogP contribution in [0.15, 0.2) is 80.6 Å². The largest absolute Gasteiger partial charge is 0.457 e. The van der Waals surface area contributed by atoms with Crippen molar-refractivity contribution >= 4 is 64.3 Å². The second kappa shape index (κ2) is 10.1. The summed E-state index contributed by atoms with van der Waals surface area (Å²) in [6, 6.07) is 18.0. The molecule has 0 atom stereocenters. The summed E-state index contributed by atoms with van der Waals surface area (Å²) in [7, 11) is 0. The van der Waals surface area contributed by atoms with E-state index in [0.29, 0.717) is 67.1 Å². The molecule has 0 N–H and O–H groups in total. The van der Waals surface area contributed by atoms with E-state index >= 15 is 0 Å². The van der Waals surface area contributed by atoms with Crippen molar-refractivity contribution in [2.24, 2.45) is 0 Å². The minimum absolute atomic E-state index is 0.00350. The lowest BCUT2D eigenvalue weighted by atomic mass is 9.88. The van der Waals surface area contributed by atoms with Crippen molar-refractivity contribution < 1.29 is 13.6 Å². The molecule has 2 heterocycles. The Labute approximate surface area is 222 Å². The maximum atomic E-state index is 13.2. The zero-order chi connectivity index (χ0) is 24.5. The van der Waals surface area contributed by atoms with E-state index in [2.05, 4.69) is 0 Å². The van der Waals surface area contributed by atoms with E-state index in [9.17, 15) is 4.79 Å². The number of carbonyl (C=O) groups is 1. The molecule has 3 nitrogen and oxygen atoms in total. The fraction of sp³-hybridized carbons (Fsp3) is 0.107. The highest BCUT2D eigenvalue weighted by molar-refractivity contribution is 6.42. The molecule has 4 aromatic rings. The van der Waals surface area contributed by atoms with Crippen LogP contribution in [0.2, 0.25) is 20.1 Å². The highest BCUT2D eigenvalue weighted by atomic mass is 35.5. The predicted octanol–water partition coefficient (Wildman–Crippen LogP) is 10.0. The lowest BCUT2D eigenvalue weighted by molar-refractivity contribution is -0.112. The van der Waals surface area contributed by atoms with Gasteiger partial charge in [-0.05, 0) is 92.1 Å². The van der Waals surface area contributed by atoms with Crippen LogP contribution in [-0.2, 0) is 4.79 Å². The third-order valence-electron chi connectivity index (χ3n) is 5.77. The zero-order valence-electron chi connectivity index (χ0n) is 18.3. The number of halogens is 4. The smallest absolute Gasteiger partial charge is 0.185 e. The van der Waals surface area contributed by atoms with Crippen molar-refractivity contribution in [2.75, 3.05) is 0 Å². The lowest BCUT2D eigenvalue weighted by Gasteiger charge is -2.15. The van der Waals surface area contributed by atoms with Crippen LogP contribution >= 0.6 is 46.4 Å². The molecule has 0 spiro atoms. The molecule has 2 aromatic carbocycles. The third kappa shape index (κ3) is 5.29. The van der Waals surface area contributed by atoms with E-state index in [4.69, 9.17) is 55.2 Å². The molecule has 0 unspecified atom stereocenters. The summed E-state index contributed by atoms with van der Waals surface area (Å²) in [6.45, 7) is 0. The van der Waals surface area contributed by atoms with Crippen LogP contribution in [0.3, 0.4) is 0 Å². The first kappa shape index (κ1) is 24.0. The summed E-state index contributed by atoms with van der Waals surface area (Å²) in [5.41, 5.74) is 3.04.